The van der Waals surface area contributed by atoms with E-state index in [2.05, 4.69) is 0 Å². The van der Waals surface area contributed by atoms with Crippen LogP contribution >= 0.6 is 0 Å². The summed E-state index contributed by atoms with van der Waals surface area (Å²) in [5, 5.41) is 0. The molecule has 0 fully saturated rings. The largest absolute Gasteiger partial charge is 0.496 e. The lowest BCUT2D eigenvalue weighted by Gasteiger charge is -2.16. The second-order valence-corrected chi connectivity index (χ2v) is 3.16. The molecule has 0 saturated carbocycles. The molecule has 0 aliphatic carbocycles. The molecule has 0 heterocycles. The molecule has 1 aromatic carbocycles. The maximum atomic E-state index is 13.0. The van der Waals surface area contributed by atoms with Gasteiger partial charge in [0.2, 0.25) is 0 Å². The number of benzene rings is 1. The van der Waals surface area contributed by atoms with Crippen LogP contribution in [0, 0.1) is 5.82 Å². The molecule has 4 heteroatoms. The van der Waals surface area contributed by atoms with Crippen molar-refractivity contribution in [1.82, 2.24) is 4.90 Å². The van der Waals surface area contributed by atoms with Crippen LogP contribution in [0.3, 0.4) is 0 Å². The molecule has 15 heavy (non-hydrogen) atoms. The van der Waals surface area contributed by atoms with E-state index in [1.165, 1.54) is 30.2 Å². The van der Waals surface area contributed by atoms with Crippen LogP contribution in [0.1, 0.15) is 17.3 Å². The summed E-state index contributed by atoms with van der Waals surface area (Å²) in [4.78, 5) is 13.3. The molecule has 0 saturated heterocycles. The van der Waals surface area contributed by atoms with Crippen molar-refractivity contribution in [2.24, 2.45) is 0 Å². The molecule has 3 nitrogen and oxygen atoms in total. The minimum atomic E-state index is -0.441. The highest BCUT2D eigenvalue weighted by atomic mass is 19.1. The number of halogens is 1. The summed E-state index contributed by atoms with van der Waals surface area (Å²) in [5.41, 5.74) is 0.252. The smallest absolute Gasteiger partial charge is 0.257 e. The van der Waals surface area contributed by atoms with E-state index >= 15 is 0 Å². The van der Waals surface area contributed by atoms with E-state index in [0.29, 0.717) is 12.3 Å². The number of rotatable bonds is 3. The first-order valence-electron chi connectivity index (χ1n) is 4.69. The van der Waals surface area contributed by atoms with Crippen molar-refractivity contribution in [2.75, 3.05) is 20.7 Å². The Labute approximate surface area is 88.5 Å². The van der Waals surface area contributed by atoms with Gasteiger partial charge in [-0.2, -0.15) is 0 Å². The Morgan fingerprint density at radius 2 is 2.20 bits per heavy atom. The highest BCUT2D eigenvalue weighted by molar-refractivity contribution is 5.96. The fourth-order valence-electron chi connectivity index (χ4n) is 1.20. The molecular weight excluding hydrogens is 197 g/mol. The molecule has 0 aromatic heterocycles. The maximum Gasteiger partial charge on any atom is 0.257 e. The molecular formula is C11H14FNO2. The number of amides is 1. The Hall–Kier alpha value is -1.58. The molecule has 0 unspecified atom stereocenters. The highest BCUT2D eigenvalue weighted by Gasteiger charge is 2.16. The van der Waals surface area contributed by atoms with Gasteiger partial charge in [-0.3, -0.25) is 4.79 Å². The van der Waals surface area contributed by atoms with E-state index in [9.17, 15) is 9.18 Å². The molecule has 0 aliphatic rings. The molecule has 1 aromatic rings. The molecule has 0 aliphatic heterocycles. The fraction of sp³-hybridized carbons (Fsp3) is 0.364. The van der Waals surface area contributed by atoms with Gasteiger partial charge in [-0.25, -0.2) is 4.39 Å². The highest BCUT2D eigenvalue weighted by Crippen LogP contribution is 2.20. The Bertz CT molecular complexity index is 366. The second kappa shape index (κ2) is 4.77. The van der Waals surface area contributed by atoms with Gasteiger partial charge in [0.25, 0.3) is 5.91 Å². The van der Waals surface area contributed by atoms with E-state index in [4.69, 9.17) is 4.74 Å². The first kappa shape index (κ1) is 11.5. The SMILES string of the molecule is CCN(C)C(=O)c1cc(F)ccc1OC. The van der Waals surface area contributed by atoms with Crippen LogP contribution in [0.2, 0.25) is 0 Å². The van der Waals surface area contributed by atoms with Gasteiger partial charge in [0.15, 0.2) is 0 Å². The maximum absolute atomic E-state index is 13.0. The van der Waals surface area contributed by atoms with Crippen molar-refractivity contribution in [3.8, 4) is 5.75 Å². The standard InChI is InChI=1S/C11H14FNO2/c1-4-13(2)11(14)9-7-8(12)5-6-10(9)15-3/h5-7H,4H2,1-3H3. The van der Waals surface area contributed by atoms with E-state index in [0.717, 1.165) is 0 Å². The van der Waals surface area contributed by atoms with Crippen molar-refractivity contribution in [3.63, 3.8) is 0 Å². The average Bonchev–Trinajstić information content (AvgIpc) is 2.27. The first-order valence-corrected chi connectivity index (χ1v) is 4.69. The topological polar surface area (TPSA) is 29.5 Å². The van der Waals surface area contributed by atoms with Crippen LogP contribution in [0.4, 0.5) is 4.39 Å². The predicted octanol–water partition coefficient (Wildman–Crippen LogP) is 1.93. The normalized spacial score (nSPS) is 9.87. The van der Waals surface area contributed by atoms with E-state index in [1.807, 2.05) is 6.92 Å². The van der Waals surface area contributed by atoms with Gasteiger partial charge in [0.05, 0.1) is 12.7 Å². The summed E-state index contributed by atoms with van der Waals surface area (Å²) in [7, 11) is 3.11. The van der Waals surface area contributed by atoms with Gasteiger partial charge in [0, 0.05) is 13.6 Å². The zero-order valence-electron chi connectivity index (χ0n) is 9.08. The van der Waals surface area contributed by atoms with Gasteiger partial charge in [-0.1, -0.05) is 0 Å². The van der Waals surface area contributed by atoms with Gasteiger partial charge >= 0.3 is 0 Å². The molecule has 0 N–H and O–H groups in total. The number of hydrogen-bond donors (Lipinski definition) is 0. The van der Waals surface area contributed by atoms with Gasteiger partial charge in [0.1, 0.15) is 11.6 Å². The molecule has 0 bridgehead atoms. The summed E-state index contributed by atoms with van der Waals surface area (Å²) in [5.74, 6) is -0.292. The lowest BCUT2D eigenvalue weighted by Crippen LogP contribution is -2.26. The lowest BCUT2D eigenvalue weighted by molar-refractivity contribution is 0.0798. The number of carbonyl (C=O) groups excluding carboxylic acids is 1. The summed E-state index contributed by atoms with van der Waals surface area (Å²) < 4.78 is 18.0. The van der Waals surface area contributed by atoms with E-state index in [-0.39, 0.29) is 11.5 Å². The number of hydrogen-bond acceptors (Lipinski definition) is 2. The van der Waals surface area contributed by atoms with Crippen molar-refractivity contribution in [1.29, 1.82) is 0 Å². The minimum Gasteiger partial charge on any atom is -0.496 e. The van der Waals surface area contributed by atoms with Crippen LogP contribution in [-0.4, -0.2) is 31.5 Å². The summed E-state index contributed by atoms with van der Waals surface area (Å²) in [6.45, 7) is 2.42. The quantitative estimate of drug-likeness (QED) is 0.764. The predicted molar refractivity (Wildman–Crippen MR) is 55.6 cm³/mol. The van der Waals surface area contributed by atoms with E-state index in [1.54, 1.807) is 7.05 Å². The third-order valence-corrected chi connectivity index (χ3v) is 2.21. The number of nitrogens with zero attached hydrogens (tertiary/aromatic N) is 1. The second-order valence-electron chi connectivity index (χ2n) is 3.16. The molecule has 82 valence electrons. The number of carbonyl (C=O) groups is 1. The Morgan fingerprint density at radius 3 is 2.73 bits per heavy atom. The van der Waals surface area contributed by atoms with Crippen molar-refractivity contribution in [3.05, 3.63) is 29.6 Å². The van der Waals surface area contributed by atoms with Crippen LogP contribution in [0.5, 0.6) is 5.75 Å². The van der Waals surface area contributed by atoms with Gasteiger partial charge in [-0.15, -0.1) is 0 Å². The molecule has 0 spiro atoms. The summed E-state index contributed by atoms with van der Waals surface area (Å²) >= 11 is 0. The third kappa shape index (κ3) is 2.46. The zero-order valence-corrected chi connectivity index (χ0v) is 9.08. The molecule has 0 atom stereocenters. The Balaban J connectivity index is 3.11. The van der Waals surface area contributed by atoms with Crippen LogP contribution < -0.4 is 4.74 Å². The number of methoxy groups -OCH3 is 1. The summed E-state index contributed by atoms with van der Waals surface area (Å²) in [6.07, 6.45) is 0. The third-order valence-electron chi connectivity index (χ3n) is 2.21. The van der Waals surface area contributed by atoms with Gasteiger partial charge in [-0.05, 0) is 25.1 Å². The molecule has 1 amide bonds. The van der Waals surface area contributed by atoms with Crippen LogP contribution in [-0.2, 0) is 0 Å². The Kier molecular flexibility index (Phi) is 3.66. The lowest BCUT2D eigenvalue weighted by atomic mass is 10.1. The van der Waals surface area contributed by atoms with Crippen molar-refractivity contribution < 1.29 is 13.9 Å². The monoisotopic (exact) mass is 211 g/mol. The molecule has 0 radical (unpaired) electrons. The van der Waals surface area contributed by atoms with Gasteiger partial charge < -0.3 is 9.64 Å². The Morgan fingerprint density at radius 1 is 1.53 bits per heavy atom. The average molecular weight is 211 g/mol. The first-order chi connectivity index (χ1) is 7.10. The van der Waals surface area contributed by atoms with E-state index < -0.39 is 5.82 Å². The van der Waals surface area contributed by atoms with Crippen LogP contribution in [0.25, 0.3) is 0 Å². The fourth-order valence-corrected chi connectivity index (χ4v) is 1.20. The van der Waals surface area contributed by atoms with Crippen LogP contribution in [0.15, 0.2) is 18.2 Å². The zero-order chi connectivity index (χ0) is 11.4. The number of ether oxygens (including phenoxy) is 1. The molecule has 1 rings (SSSR count). The summed E-state index contributed by atoms with van der Waals surface area (Å²) in [6, 6.07) is 3.90. The van der Waals surface area contributed by atoms with Crippen molar-refractivity contribution in [2.45, 2.75) is 6.92 Å². The van der Waals surface area contributed by atoms with Crippen molar-refractivity contribution >= 4 is 5.91 Å². The minimum absolute atomic E-state index is 0.242.